The van der Waals surface area contributed by atoms with Gasteiger partial charge < -0.3 is 26.4 Å². The van der Waals surface area contributed by atoms with Crippen molar-refractivity contribution in [2.75, 3.05) is 26.3 Å². The van der Waals surface area contributed by atoms with Gasteiger partial charge in [0.05, 0.1) is 12.6 Å². The Kier molecular flexibility index (Phi) is 8.41. The Bertz CT molecular complexity index is 630. The van der Waals surface area contributed by atoms with Crippen LogP contribution in [-0.4, -0.2) is 49.7 Å². The van der Waals surface area contributed by atoms with Gasteiger partial charge in [-0.05, 0) is 31.2 Å². The molecule has 156 valence electrons. The van der Waals surface area contributed by atoms with Crippen LogP contribution in [0.25, 0.3) is 0 Å². The molecule has 0 bridgehead atoms. The topological polar surface area (TPSA) is 105 Å². The molecule has 0 saturated carbocycles. The SMILES string of the molecule is CC(NC1(CNC(=O)CNC(=O)[C@@H](N)C(C)C)CCOCC1)c1ccccc1. The Balaban J connectivity index is 1.89. The number of carbonyl (C=O) groups excluding carboxylic acids is 2. The maximum absolute atomic E-state index is 12.3. The molecule has 2 amide bonds. The summed E-state index contributed by atoms with van der Waals surface area (Å²) in [5.74, 6) is -0.497. The van der Waals surface area contributed by atoms with E-state index in [1.807, 2.05) is 32.0 Å². The predicted octanol–water partition coefficient (Wildman–Crippen LogP) is 1.10. The standard InChI is InChI=1S/C21H34N4O3/c1-15(2)19(22)20(27)23-13-18(26)24-14-21(9-11-28-12-10-21)25-16(3)17-7-5-4-6-8-17/h4-8,15-16,19,25H,9-14,22H2,1-3H3,(H,23,27)(H,24,26)/t16?,19-/m0/s1. The largest absolute Gasteiger partial charge is 0.381 e. The van der Waals surface area contributed by atoms with Gasteiger partial charge in [-0.1, -0.05) is 44.2 Å². The lowest BCUT2D eigenvalue weighted by Gasteiger charge is -2.40. The van der Waals surface area contributed by atoms with Crippen molar-refractivity contribution in [2.45, 2.75) is 51.2 Å². The lowest BCUT2D eigenvalue weighted by Crippen LogP contribution is -2.58. The van der Waals surface area contributed by atoms with Gasteiger partial charge in [0.2, 0.25) is 11.8 Å². The first-order valence-corrected chi connectivity index (χ1v) is 10.0. The Morgan fingerprint density at radius 3 is 2.36 bits per heavy atom. The van der Waals surface area contributed by atoms with E-state index in [2.05, 4.69) is 35.0 Å². The summed E-state index contributed by atoms with van der Waals surface area (Å²) < 4.78 is 5.52. The number of amides is 2. The van der Waals surface area contributed by atoms with E-state index >= 15 is 0 Å². The van der Waals surface area contributed by atoms with E-state index in [-0.39, 0.29) is 35.9 Å². The van der Waals surface area contributed by atoms with E-state index in [0.29, 0.717) is 19.8 Å². The predicted molar refractivity (Wildman–Crippen MR) is 110 cm³/mol. The molecular weight excluding hydrogens is 356 g/mol. The van der Waals surface area contributed by atoms with Crippen LogP contribution in [0, 0.1) is 5.92 Å². The fourth-order valence-corrected chi connectivity index (χ4v) is 3.34. The first kappa shape index (κ1) is 22.3. The van der Waals surface area contributed by atoms with E-state index in [1.165, 1.54) is 5.56 Å². The van der Waals surface area contributed by atoms with E-state index in [4.69, 9.17) is 10.5 Å². The molecule has 1 aliphatic rings. The van der Waals surface area contributed by atoms with Crippen molar-refractivity contribution < 1.29 is 14.3 Å². The Morgan fingerprint density at radius 1 is 1.11 bits per heavy atom. The molecule has 1 aromatic rings. The molecule has 0 radical (unpaired) electrons. The van der Waals surface area contributed by atoms with E-state index in [9.17, 15) is 9.59 Å². The summed E-state index contributed by atoms with van der Waals surface area (Å²) in [4.78, 5) is 24.2. The van der Waals surface area contributed by atoms with E-state index in [0.717, 1.165) is 12.8 Å². The molecule has 0 aliphatic carbocycles. The third kappa shape index (κ3) is 6.58. The van der Waals surface area contributed by atoms with E-state index in [1.54, 1.807) is 0 Å². The highest BCUT2D eigenvalue weighted by atomic mass is 16.5. The molecule has 1 fully saturated rings. The molecule has 0 spiro atoms. The zero-order chi connectivity index (χ0) is 20.6. The minimum absolute atomic E-state index is 0.0252. The molecule has 1 saturated heterocycles. The number of ether oxygens (including phenoxy) is 1. The smallest absolute Gasteiger partial charge is 0.239 e. The zero-order valence-electron chi connectivity index (χ0n) is 17.2. The van der Waals surface area contributed by atoms with Gasteiger partial charge in [0.25, 0.3) is 0 Å². The van der Waals surface area contributed by atoms with Crippen molar-refractivity contribution in [3.05, 3.63) is 35.9 Å². The van der Waals surface area contributed by atoms with Crippen molar-refractivity contribution in [1.82, 2.24) is 16.0 Å². The summed E-state index contributed by atoms with van der Waals surface area (Å²) in [6.45, 7) is 7.60. The van der Waals surface area contributed by atoms with Crippen LogP contribution in [0.1, 0.15) is 45.2 Å². The van der Waals surface area contributed by atoms with Crippen molar-refractivity contribution in [3.63, 3.8) is 0 Å². The van der Waals surface area contributed by atoms with Crippen LogP contribution in [0.3, 0.4) is 0 Å². The highest BCUT2D eigenvalue weighted by molar-refractivity contribution is 5.87. The molecule has 5 N–H and O–H groups in total. The molecule has 28 heavy (non-hydrogen) atoms. The first-order chi connectivity index (χ1) is 13.3. The van der Waals surface area contributed by atoms with Gasteiger partial charge >= 0.3 is 0 Å². The van der Waals surface area contributed by atoms with Gasteiger partial charge in [0.1, 0.15) is 0 Å². The first-order valence-electron chi connectivity index (χ1n) is 10.0. The summed E-state index contributed by atoms with van der Waals surface area (Å²) in [7, 11) is 0. The Labute approximate surface area is 167 Å². The van der Waals surface area contributed by atoms with Crippen molar-refractivity contribution in [3.8, 4) is 0 Å². The second kappa shape index (κ2) is 10.5. The van der Waals surface area contributed by atoms with Crippen molar-refractivity contribution >= 4 is 11.8 Å². The fraction of sp³-hybridized carbons (Fsp3) is 0.619. The highest BCUT2D eigenvalue weighted by Gasteiger charge is 2.34. The van der Waals surface area contributed by atoms with Crippen LogP contribution in [0.2, 0.25) is 0 Å². The molecule has 2 atom stereocenters. The molecule has 7 nitrogen and oxygen atoms in total. The van der Waals surface area contributed by atoms with Crippen molar-refractivity contribution in [1.29, 1.82) is 0 Å². The summed E-state index contributed by atoms with van der Waals surface area (Å²) in [6.07, 6.45) is 1.63. The van der Waals surface area contributed by atoms with Crippen LogP contribution >= 0.6 is 0 Å². The summed E-state index contributed by atoms with van der Waals surface area (Å²) in [5, 5.41) is 9.27. The monoisotopic (exact) mass is 390 g/mol. The second-order valence-electron chi connectivity index (χ2n) is 7.93. The van der Waals surface area contributed by atoms with Crippen LogP contribution in [0.15, 0.2) is 30.3 Å². The highest BCUT2D eigenvalue weighted by Crippen LogP contribution is 2.25. The quantitative estimate of drug-likeness (QED) is 0.505. The summed E-state index contributed by atoms with van der Waals surface area (Å²) in [5.41, 5.74) is 6.77. The zero-order valence-corrected chi connectivity index (χ0v) is 17.2. The number of nitrogens with two attached hydrogens (primary N) is 1. The molecule has 7 heteroatoms. The van der Waals surface area contributed by atoms with Gasteiger partial charge in [0, 0.05) is 31.3 Å². The molecule has 1 heterocycles. The third-order valence-corrected chi connectivity index (χ3v) is 5.34. The fourth-order valence-electron chi connectivity index (χ4n) is 3.34. The van der Waals surface area contributed by atoms with Gasteiger partial charge in [-0.3, -0.25) is 9.59 Å². The Hall–Kier alpha value is -1.96. The normalized spacial score (nSPS) is 18.3. The molecule has 0 aromatic heterocycles. The molecule has 1 aliphatic heterocycles. The lowest BCUT2D eigenvalue weighted by atomic mass is 9.88. The third-order valence-electron chi connectivity index (χ3n) is 5.34. The molecule has 1 aromatic carbocycles. The van der Waals surface area contributed by atoms with Gasteiger partial charge in [0.15, 0.2) is 0 Å². The van der Waals surface area contributed by atoms with Crippen LogP contribution in [0.5, 0.6) is 0 Å². The van der Waals surface area contributed by atoms with Crippen LogP contribution in [-0.2, 0) is 14.3 Å². The number of rotatable bonds is 9. The molecular formula is C21H34N4O3. The number of carbonyl (C=O) groups is 2. The van der Waals surface area contributed by atoms with Gasteiger partial charge in [-0.15, -0.1) is 0 Å². The maximum atomic E-state index is 12.3. The van der Waals surface area contributed by atoms with Gasteiger partial charge in [-0.25, -0.2) is 0 Å². The second-order valence-corrected chi connectivity index (χ2v) is 7.93. The summed E-state index contributed by atoms with van der Waals surface area (Å²) in [6, 6.07) is 9.78. The minimum atomic E-state index is -0.608. The minimum Gasteiger partial charge on any atom is -0.381 e. The van der Waals surface area contributed by atoms with Gasteiger partial charge in [-0.2, -0.15) is 0 Å². The molecule has 2 rings (SSSR count). The summed E-state index contributed by atoms with van der Waals surface area (Å²) >= 11 is 0. The maximum Gasteiger partial charge on any atom is 0.239 e. The number of hydrogen-bond donors (Lipinski definition) is 4. The van der Waals surface area contributed by atoms with E-state index < -0.39 is 6.04 Å². The average molecular weight is 391 g/mol. The molecule has 1 unspecified atom stereocenters. The van der Waals surface area contributed by atoms with Crippen LogP contribution < -0.4 is 21.7 Å². The van der Waals surface area contributed by atoms with Crippen LogP contribution in [0.4, 0.5) is 0 Å². The number of hydrogen-bond acceptors (Lipinski definition) is 5. The van der Waals surface area contributed by atoms with Crippen molar-refractivity contribution in [2.24, 2.45) is 11.7 Å². The number of benzene rings is 1. The Morgan fingerprint density at radius 2 is 1.75 bits per heavy atom. The lowest BCUT2D eigenvalue weighted by molar-refractivity contribution is -0.127. The average Bonchev–Trinajstić information content (AvgIpc) is 2.71. The number of nitrogens with one attached hydrogen (secondary N) is 3.